The second kappa shape index (κ2) is 5.05. The number of hydrogen-bond acceptors (Lipinski definition) is 2. The van der Waals surface area contributed by atoms with E-state index in [4.69, 9.17) is 11.6 Å². The molecular weight excluding hydrogens is 281 g/mol. The second-order valence-corrected chi connectivity index (χ2v) is 5.65. The standard InChI is InChI=1S/C14H15ClFN3O/c1-9-3-2-6-18-13(9)17-19(14(18)20)8-10-4-5-12(16)11(15)7-10/h4-5,7,9H,2-3,6,8H2,1H3/t9-/m1/s1. The predicted octanol–water partition coefficient (Wildman–Crippen LogP) is 2.78. The van der Waals surface area contributed by atoms with Gasteiger partial charge in [-0.2, -0.15) is 5.10 Å². The van der Waals surface area contributed by atoms with Crippen molar-refractivity contribution in [3.8, 4) is 0 Å². The first kappa shape index (κ1) is 13.4. The van der Waals surface area contributed by atoms with Crippen LogP contribution in [-0.4, -0.2) is 14.3 Å². The molecule has 2 heterocycles. The van der Waals surface area contributed by atoms with Crippen LogP contribution >= 0.6 is 11.6 Å². The lowest BCUT2D eigenvalue weighted by molar-refractivity contribution is 0.457. The van der Waals surface area contributed by atoms with Gasteiger partial charge >= 0.3 is 5.69 Å². The zero-order chi connectivity index (χ0) is 14.3. The maximum Gasteiger partial charge on any atom is 0.346 e. The largest absolute Gasteiger partial charge is 0.346 e. The maximum absolute atomic E-state index is 13.1. The van der Waals surface area contributed by atoms with E-state index in [1.54, 1.807) is 10.6 Å². The molecular formula is C14H15ClFN3O. The summed E-state index contributed by atoms with van der Waals surface area (Å²) in [7, 11) is 0. The maximum atomic E-state index is 13.1. The molecule has 0 bridgehead atoms. The van der Waals surface area contributed by atoms with Crippen molar-refractivity contribution in [3.63, 3.8) is 0 Å². The Kier molecular flexibility index (Phi) is 3.38. The molecule has 1 aliphatic rings. The third kappa shape index (κ3) is 2.26. The number of fused-ring (bicyclic) bond motifs is 1. The SMILES string of the molecule is C[C@@H]1CCCn2c1nn(Cc1ccc(F)c(Cl)c1)c2=O. The number of halogens is 2. The normalized spacial score (nSPS) is 18.1. The van der Waals surface area contributed by atoms with Crippen molar-refractivity contribution < 1.29 is 4.39 Å². The van der Waals surface area contributed by atoms with Gasteiger partial charge in [0.15, 0.2) is 0 Å². The average Bonchev–Trinajstić information content (AvgIpc) is 2.73. The smallest absolute Gasteiger partial charge is 0.279 e. The summed E-state index contributed by atoms with van der Waals surface area (Å²) in [6.45, 7) is 3.12. The molecule has 0 aliphatic carbocycles. The van der Waals surface area contributed by atoms with Crippen LogP contribution in [0.2, 0.25) is 5.02 Å². The van der Waals surface area contributed by atoms with Gasteiger partial charge in [0, 0.05) is 12.5 Å². The Labute approximate surface area is 120 Å². The van der Waals surface area contributed by atoms with Gasteiger partial charge < -0.3 is 0 Å². The van der Waals surface area contributed by atoms with Gasteiger partial charge in [-0.15, -0.1) is 0 Å². The Morgan fingerprint density at radius 2 is 2.30 bits per heavy atom. The first-order valence-corrected chi connectivity index (χ1v) is 7.05. The zero-order valence-corrected chi connectivity index (χ0v) is 11.9. The van der Waals surface area contributed by atoms with Gasteiger partial charge in [-0.3, -0.25) is 4.57 Å². The Balaban J connectivity index is 1.95. The van der Waals surface area contributed by atoms with Crippen molar-refractivity contribution >= 4 is 11.6 Å². The molecule has 0 saturated heterocycles. The van der Waals surface area contributed by atoms with E-state index in [0.29, 0.717) is 12.5 Å². The highest BCUT2D eigenvalue weighted by Crippen LogP contribution is 2.23. The Bertz CT molecular complexity index is 707. The van der Waals surface area contributed by atoms with Crippen molar-refractivity contribution in [2.24, 2.45) is 0 Å². The summed E-state index contributed by atoms with van der Waals surface area (Å²) in [6.07, 6.45) is 2.06. The van der Waals surface area contributed by atoms with Crippen molar-refractivity contribution in [1.29, 1.82) is 0 Å². The lowest BCUT2D eigenvalue weighted by Gasteiger charge is -2.17. The van der Waals surface area contributed by atoms with Gasteiger partial charge in [-0.05, 0) is 30.5 Å². The van der Waals surface area contributed by atoms with Gasteiger partial charge in [0.25, 0.3) is 0 Å². The van der Waals surface area contributed by atoms with Crippen molar-refractivity contribution in [2.45, 2.75) is 38.8 Å². The molecule has 4 nitrogen and oxygen atoms in total. The molecule has 20 heavy (non-hydrogen) atoms. The number of benzene rings is 1. The van der Waals surface area contributed by atoms with Crippen molar-refractivity contribution in [2.75, 3.05) is 0 Å². The molecule has 6 heteroatoms. The van der Waals surface area contributed by atoms with Gasteiger partial charge in [-0.1, -0.05) is 24.6 Å². The van der Waals surface area contributed by atoms with Gasteiger partial charge in [0.05, 0.1) is 11.6 Å². The molecule has 106 valence electrons. The second-order valence-electron chi connectivity index (χ2n) is 5.24. The van der Waals surface area contributed by atoms with E-state index in [-0.39, 0.29) is 10.7 Å². The lowest BCUT2D eigenvalue weighted by Crippen LogP contribution is -2.27. The monoisotopic (exact) mass is 295 g/mol. The molecule has 0 unspecified atom stereocenters. The minimum Gasteiger partial charge on any atom is -0.279 e. The number of aromatic nitrogens is 3. The quantitative estimate of drug-likeness (QED) is 0.855. The molecule has 0 amide bonds. The van der Waals surface area contributed by atoms with Gasteiger partial charge in [-0.25, -0.2) is 13.9 Å². The molecule has 1 aliphatic heterocycles. The summed E-state index contributed by atoms with van der Waals surface area (Å²) in [6, 6.07) is 4.46. The van der Waals surface area contributed by atoms with Crippen LogP contribution in [0.3, 0.4) is 0 Å². The number of hydrogen-bond donors (Lipinski definition) is 0. The van der Waals surface area contributed by atoms with Crippen LogP contribution in [0, 0.1) is 5.82 Å². The summed E-state index contributed by atoms with van der Waals surface area (Å²) < 4.78 is 16.3. The fourth-order valence-corrected chi connectivity index (χ4v) is 2.83. The molecule has 1 aromatic carbocycles. The van der Waals surface area contributed by atoms with Gasteiger partial charge in [0.2, 0.25) is 0 Å². The minimum atomic E-state index is -0.458. The Morgan fingerprint density at radius 3 is 3.00 bits per heavy atom. The highest BCUT2D eigenvalue weighted by molar-refractivity contribution is 6.30. The van der Waals surface area contributed by atoms with E-state index >= 15 is 0 Å². The molecule has 1 atom stereocenters. The molecule has 0 N–H and O–H groups in total. The minimum absolute atomic E-state index is 0.0629. The van der Waals surface area contributed by atoms with Crippen LogP contribution in [0.15, 0.2) is 23.0 Å². The summed E-state index contributed by atoms with van der Waals surface area (Å²) >= 11 is 5.76. The highest BCUT2D eigenvalue weighted by Gasteiger charge is 2.22. The molecule has 0 spiro atoms. The zero-order valence-electron chi connectivity index (χ0n) is 11.1. The first-order chi connectivity index (χ1) is 9.56. The molecule has 0 radical (unpaired) electrons. The summed E-state index contributed by atoms with van der Waals surface area (Å²) in [5, 5.41) is 4.47. The third-order valence-corrected chi connectivity index (χ3v) is 4.02. The Hall–Kier alpha value is -1.62. The molecule has 1 aromatic heterocycles. The van der Waals surface area contributed by atoms with Crippen LogP contribution in [0.4, 0.5) is 4.39 Å². The summed E-state index contributed by atoms with van der Waals surface area (Å²) in [5.41, 5.74) is 0.661. The average molecular weight is 296 g/mol. The van der Waals surface area contributed by atoms with E-state index in [9.17, 15) is 9.18 Å². The molecule has 3 rings (SSSR count). The summed E-state index contributed by atoms with van der Waals surface area (Å²) in [5.74, 6) is 0.685. The van der Waals surface area contributed by atoms with E-state index in [1.165, 1.54) is 16.8 Å². The van der Waals surface area contributed by atoms with E-state index < -0.39 is 5.82 Å². The fraction of sp³-hybridized carbons (Fsp3) is 0.429. The van der Waals surface area contributed by atoms with Gasteiger partial charge in [0.1, 0.15) is 11.6 Å². The van der Waals surface area contributed by atoms with Crippen LogP contribution < -0.4 is 5.69 Å². The van der Waals surface area contributed by atoms with E-state index in [1.807, 2.05) is 0 Å². The first-order valence-electron chi connectivity index (χ1n) is 6.67. The lowest BCUT2D eigenvalue weighted by atomic mass is 10.0. The van der Waals surface area contributed by atoms with Crippen LogP contribution in [0.5, 0.6) is 0 Å². The molecule has 0 fully saturated rings. The highest BCUT2D eigenvalue weighted by atomic mass is 35.5. The van der Waals surface area contributed by atoms with Crippen molar-refractivity contribution in [1.82, 2.24) is 14.3 Å². The molecule has 2 aromatic rings. The number of nitrogens with zero attached hydrogens (tertiary/aromatic N) is 3. The van der Waals surface area contributed by atoms with Crippen LogP contribution in [0.25, 0.3) is 0 Å². The predicted molar refractivity (Wildman–Crippen MR) is 74.6 cm³/mol. The van der Waals surface area contributed by atoms with E-state index in [2.05, 4.69) is 12.0 Å². The van der Waals surface area contributed by atoms with Crippen LogP contribution in [-0.2, 0) is 13.1 Å². The van der Waals surface area contributed by atoms with E-state index in [0.717, 1.165) is 30.8 Å². The Morgan fingerprint density at radius 1 is 1.50 bits per heavy atom. The van der Waals surface area contributed by atoms with Crippen molar-refractivity contribution in [3.05, 3.63) is 50.9 Å². The summed E-state index contributed by atoms with van der Waals surface area (Å²) in [4.78, 5) is 12.3. The van der Waals surface area contributed by atoms with Crippen LogP contribution in [0.1, 0.15) is 37.1 Å². The third-order valence-electron chi connectivity index (χ3n) is 3.73. The number of rotatable bonds is 2. The molecule has 0 saturated carbocycles. The fourth-order valence-electron chi connectivity index (χ4n) is 2.63. The topological polar surface area (TPSA) is 39.8 Å².